The Balaban J connectivity index is 2.21. The zero-order valence-electron chi connectivity index (χ0n) is 8.99. The van der Waals surface area contributed by atoms with Crippen LogP contribution >= 0.6 is 11.8 Å². The highest BCUT2D eigenvalue weighted by Gasteiger charge is 2.13. The molecule has 0 bridgehead atoms. The van der Waals surface area contributed by atoms with Crippen molar-refractivity contribution in [2.45, 2.75) is 6.42 Å². The number of aldehydes is 1. The number of halogens is 1. The fraction of sp³-hybridized carbons (Fsp3) is 0.417. The fourth-order valence-corrected chi connectivity index (χ4v) is 2.73. The van der Waals surface area contributed by atoms with Crippen LogP contribution in [0.5, 0.6) is 0 Å². The van der Waals surface area contributed by atoms with Gasteiger partial charge in [-0.15, -0.1) is 0 Å². The van der Waals surface area contributed by atoms with E-state index in [2.05, 4.69) is 4.90 Å². The Morgan fingerprint density at radius 3 is 2.94 bits per heavy atom. The van der Waals surface area contributed by atoms with Crippen molar-refractivity contribution in [3.8, 4) is 0 Å². The summed E-state index contributed by atoms with van der Waals surface area (Å²) in [5, 5.41) is 0. The summed E-state index contributed by atoms with van der Waals surface area (Å²) in [6.45, 7) is 1.77. The maximum atomic E-state index is 13.7. The van der Waals surface area contributed by atoms with Crippen LogP contribution in [0.25, 0.3) is 0 Å². The van der Waals surface area contributed by atoms with E-state index in [9.17, 15) is 9.18 Å². The van der Waals surface area contributed by atoms with E-state index in [0.29, 0.717) is 17.5 Å². The molecule has 0 spiro atoms. The van der Waals surface area contributed by atoms with Crippen LogP contribution in [0.15, 0.2) is 18.2 Å². The molecule has 86 valence electrons. The average molecular weight is 239 g/mol. The van der Waals surface area contributed by atoms with Gasteiger partial charge in [0.05, 0.1) is 5.69 Å². The third-order valence-corrected chi connectivity index (χ3v) is 3.72. The zero-order valence-corrected chi connectivity index (χ0v) is 9.80. The molecule has 0 saturated carbocycles. The molecule has 0 amide bonds. The minimum absolute atomic E-state index is 0.295. The Morgan fingerprint density at radius 1 is 1.31 bits per heavy atom. The number of carbonyl (C=O) groups excluding carboxylic acids is 1. The summed E-state index contributed by atoms with van der Waals surface area (Å²) < 4.78 is 13.7. The highest BCUT2D eigenvalue weighted by Crippen LogP contribution is 2.23. The van der Waals surface area contributed by atoms with Gasteiger partial charge < -0.3 is 4.90 Å². The molecule has 1 heterocycles. The van der Waals surface area contributed by atoms with E-state index in [1.165, 1.54) is 6.07 Å². The van der Waals surface area contributed by atoms with Crippen molar-refractivity contribution in [3.05, 3.63) is 29.6 Å². The molecule has 16 heavy (non-hydrogen) atoms. The van der Waals surface area contributed by atoms with Crippen molar-refractivity contribution in [1.29, 1.82) is 0 Å². The van der Waals surface area contributed by atoms with Crippen molar-refractivity contribution < 1.29 is 9.18 Å². The molecular weight excluding hydrogens is 225 g/mol. The minimum Gasteiger partial charge on any atom is -0.368 e. The SMILES string of the molecule is O=Cc1ccc(N2CCCSCC2)c(F)c1. The molecule has 1 aliphatic rings. The number of hydrogen-bond acceptors (Lipinski definition) is 3. The lowest BCUT2D eigenvalue weighted by molar-refractivity contribution is 0.112. The predicted octanol–water partition coefficient (Wildman–Crippen LogP) is 2.58. The molecule has 2 rings (SSSR count). The molecule has 1 aliphatic heterocycles. The Labute approximate surface area is 98.8 Å². The lowest BCUT2D eigenvalue weighted by atomic mass is 10.2. The van der Waals surface area contributed by atoms with Crippen LogP contribution in [-0.4, -0.2) is 30.9 Å². The second-order valence-corrected chi connectivity index (χ2v) is 5.01. The van der Waals surface area contributed by atoms with E-state index in [0.717, 1.165) is 31.0 Å². The molecule has 1 fully saturated rings. The number of rotatable bonds is 2. The topological polar surface area (TPSA) is 20.3 Å². The smallest absolute Gasteiger partial charge is 0.150 e. The Hall–Kier alpha value is -1.03. The molecule has 0 aromatic heterocycles. The monoisotopic (exact) mass is 239 g/mol. The number of nitrogens with zero attached hydrogens (tertiary/aromatic N) is 1. The molecule has 1 saturated heterocycles. The summed E-state index contributed by atoms with van der Waals surface area (Å²) in [5.41, 5.74) is 1.01. The van der Waals surface area contributed by atoms with Crippen LogP contribution in [-0.2, 0) is 0 Å². The van der Waals surface area contributed by atoms with Crippen LogP contribution in [0.1, 0.15) is 16.8 Å². The standard InChI is InChI=1S/C12H14FNOS/c13-11-8-10(9-15)2-3-12(11)14-4-1-6-16-7-5-14/h2-3,8-9H,1,4-7H2. The number of anilines is 1. The fourth-order valence-electron chi connectivity index (χ4n) is 1.84. The van der Waals surface area contributed by atoms with E-state index < -0.39 is 0 Å². The maximum Gasteiger partial charge on any atom is 0.150 e. The third kappa shape index (κ3) is 2.55. The molecule has 0 atom stereocenters. The van der Waals surface area contributed by atoms with Gasteiger partial charge in [-0.25, -0.2) is 4.39 Å². The van der Waals surface area contributed by atoms with Gasteiger partial charge in [0.25, 0.3) is 0 Å². The van der Waals surface area contributed by atoms with Crippen molar-refractivity contribution in [2.75, 3.05) is 29.5 Å². The minimum atomic E-state index is -0.295. The first-order valence-electron chi connectivity index (χ1n) is 5.38. The molecule has 4 heteroatoms. The van der Waals surface area contributed by atoms with E-state index >= 15 is 0 Å². The highest BCUT2D eigenvalue weighted by atomic mass is 32.2. The number of benzene rings is 1. The average Bonchev–Trinajstić information content (AvgIpc) is 2.57. The van der Waals surface area contributed by atoms with E-state index in [4.69, 9.17) is 0 Å². The van der Waals surface area contributed by atoms with Crippen molar-refractivity contribution in [2.24, 2.45) is 0 Å². The summed E-state index contributed by atoms with van der Waals surface area (Å²) in [7, 11) is 0. The van der Waals surface area contributed by atoms with Gasteiger partial charge in [-0.05, 0) is 30.4 Å². The summed E-state index contributed by atoms with van der Waals surface area (Å²) >= 11 is 1.91. The van der Waals surface area contributed by atoms with Crippen LogP contribution < -0.4 is 4.90 Å². The Bertz CT molecular complexity index is 375. The van der Waals surface area contributed by atoms with Gasteiger partial charge in [-0.3, -0.25) is 4.79 Å². The zero-order chi connectivity index (χ0) is 11.4. The maximum absolute atomic E-state index is 13.7. The summed E-state index contributed by atoms with van der Waals surface area (Å²) in [6.07, 6.45) is 1.75. The summed E-state index contributed by atoms with van der Waals surface area (Å²) in [4.78, 5) is 12.6. The number of carbonyl (C=O) groups is 1. The van der Waals surface area contributed by atoms with Gasteiger partial charge in [0.1, 0.15) is 12.1 Å². The first-order chi connectivity index (χ1) is 7.81. The van der Waals surface area contributed by atoms with Gasteiger partial charge in [-0.1, -0.05) is 0 Å². The highest BCUT2D eigenvalue weighted by molar-refractivity contribution is 7.99. The van der Waals surface area contributed by atoms with E-state index in [-0.39, 0.29) is 5.82 Å². The lowest BCUT2D eigenvalue weighted by Gasteiger charge is -2.22. The molecule has 1 aromatic carbocycles. The summed E-state index contributed by atoms with van der Waals surface area (Å²) in [6, 6.07) is 4.68. The number of thioether (sulfide) groups is 1. The van der Waals surface area contributed by atoms with Crippen LogP contribution in [0, 0.1) is 5.82 Å². The van der Waals surface area contributed by atoms with Gasteiger partial charge in [0.15, 0.2) is 0 Å². The molecule has 0 N–H and O–H groups in total. The Kier molecular flexibility index (Phi) is 3.83. The first-order valence-corrected chi connectivity index (χ1v) is 6.54. The van der Waals surface area contributed by atoms with Gasteiger partial charge in [-0.2, -0.15) is 11.8 Å². The van der Waals surface area contributed by atoms with E-state index in [1.54, 1.807) is 12.1 Å². The predicted molar refractivity (Wildman–Crippen MR) is 65.9 cm³/mol. The normalized spacial score (nSPS) is 16.9. The van der Waals surface area contributed by atoms with Gasteiger partial charge in [0, 0.05) is 24.4 Å². The van der Waals surface area contributed by atoms with E-state index in [1.807, 2.05) is 11.8 Å². The van der Waals surface area contributed by atoms with Crippen LogP contribution in [0.2, 0.25) is 0 Å². The second-order valence-electron chi connectivity index (χ2n) is 3.78. The van der Waals surface area contributed by atoms with Crippen molar-refractivity contribution in [1.82, 2.24) is 0 Å². The van der Waals surface area contributed by atoms with Crippen molar-refractivity contribution >= 4 is 23.7 Å². The third-order valence-electron chi connectivity index (χ3n) is 2.67. The number of hydrogen-bond donors (Lipinski definition) is 0. The van der Waals surface area contributed by atoms with Crippen LogP contribution in [0.4, 0.5) is 10.1 Å². The van der Waals surface area contributed by atoms with Gasteiger partial charge in [0.2, 0.25) is 0 Å². The molecule has 1 aromatic rings. The quantitative estimate of drug-likeness (QED) is 0.740. The molecular formula is C12H14FNOS. The molecule has 0 aliphatic carbocycles. The van der Waals surface area contributed by atoms with Crippen molar-refractivity contribution in [3.63, 3.8) is 0 Å². The van der Waals surface area contributed by atoms with Crippen LogP contribution in [0.3, 0.4) is 0 Å². The molecule has 2 nitrogen and oxygen atoms in total. The first kappa shape index (κ1) is 11.5. The lowest BCUT2D eigenvalue weighted by Crippen LogP contribution is -2.26. The largest absolute Gasteiger partial charge is 0.368 e. The van der Waals surface area contributed by atoms with Gasteiger partial charge >= 0.3 is 0 Å². The Morgan fingerprint density at radius 2 is 2.19 bits per heavy atom. The molecule has 0 radical (unpaired) electrons. The summed E-state index contributed by atoms with van der Waals surface area (Å²) in [5.74, 6) is 1.89. The molecule has 0 unspecified atom stereocenters. The second kappa shape index (κ2) is 5.34.